The van der Waals surface area contributed by atoms with E-state index < -0.39 is 32.9 Å². The van der Waals surface area contributed by atoms with Gasteiger partial charge in [0, 0.05) is 12.5 Å². The summed E-state index contributed by atoms with van der Waals surface area (Å²) in [7, 11) is 0. The molecule has 9 nitrogen and oxygen atoms in total. The van der Waals surface area contributed by atoms with Crippen LogP contribution in [0.15, 0.2) is 12.1 Å². The Morgan fingerprint density at radius 2 is 1.56 bits per heavy atom. The lowest BCUT2D eigenvalue weighted by Gasteiger charge is -1.99. The van der Waals surface area contributed by atoms with Gasteiger partial charge in [-0.05, 0) is 19.1 Å². The first-order valence-corrected chi connectivity index (χ1v) is 4.49. The molecule has 2 N–H and O–H groups in total. The molecule has 0 saturated carbocycles. The Kier molecular flexibility index (Phi) is 5.21. The second-order valence-corrected chi connectivity index (χ2v) is 3.13. The van der Waals surface area contributed by atoms with Crippen molar-refractivity contribution in [3.05, 3.63) is 37.9 Å². The SMILES string of the molecule is CC(=O)O.Cc1ccc(O)c([N+](=O)[O-])c1[N+](=O)[O-]. The lowest BCUT2D eigenvalue weighted by molar-refractivity contribution is -0.423. The highest BCUT2D eigenvalue weighted by Crippen LogP contribution is 2.37. The molecule has 1 aromatic carbocycles. The number of hydrogen-bond donors (Lipinski definition) is 2. The minimum atomic E-state index is -0.972. The van der Waals surface area contributed by atoms with Crippen LogP contribution in [0.5, 0.6) is 5.75 Å². The monoisotopic (exact) mass is 258 g/mol. The molecule has 0 spiro atoms. The van der Waals surface area contributed by atoms with Gasteiger partial charge >= 0.3 is 11.4 Å². The largest absolute Gasteiger partial charge is 0.502 e. The summed E-state index contributed by atoms with van der Waals surface area (Å²) in [6.45, 7) is 2.45. The first kappa shape index (κ1) is 15.3. The normalized spacial score (nSPS) is 9.00. The molecule has 9 heteroatoms. The van der Waals surface area contributed by atoms with Crippen LogP contribution >= 0.6 is 0 Å². The van der Waals surface area contributed by atoms with Gasteiger partial charge in [0.2, 0.25) is 5.75 Å². The molecule has 0 bridgehead atoms. The number of hydrogen-bond acceptors (Lipinski definition) is 6. The number of aliphatic carboxylic acids is 1. The summed E-state index contributed by atoms with van der Waals surface area (Å²) in [5, 5.41) is 37.4. The number of nitrogens with zero attached hydrogens (tertiary/aromatic N) is 2. The fraction of sp³-hybridized carbons (Fsp3) is 0.222. The maximum absolute atomic E-state index is 10.5. The molecule has 0 saturated heterocycles. The van der Waals surface area contributed by atoms with E-state index in [0.29, 0.717) is 0 Å². The van der Waals surface area contributed by atoms with Crippen molar-refractivity contribution in [2.24, 2.45) is 0 Å². The molecule has 0 amide bonds. The smallest absolute Gasteiger partial charge is 0.387 e. The van der Waals surface area contributed by atoms with Crippen molar-refractivity contribution in [1.29, 1.82) is 0 Å². The van der Waals surface area contributed by atoms with Crippen molar-refractivity contribution in [3.63, 3.8) is 0 Å². The van der Waals surface area contributed by atoms with Crippen molar-refractivity contribution in [2.45, 2.75) is 13.8 Å². The summed E-state index contributed by atoms with van der Waals surface area (Å²) >= 11 is 0. The molecule has 1 rings (SSSR count). The molecule has 0 unspecified atom stereocenters. The minimum absolute atomic E-state index is 0.138. The Labute approximate surface area is 101 Å². The molecule has 0 fully saturated rings. The van der Waals surface area contributed by atoms with E-state index >= 15 is 0 Å². The van der Waals surface area contributed by atoms with E-state index in [-0.39, 0.29) is 5.56 Å². The van der Waals surface area contributed by atoms with Gasteiger partial charge in [-0.25, -0.2) is 0 Å². The third-order valence-electron chi connectivity index (χ3n) is 1.70. The van der Waals surface area contributed by atoms with Crippen LogP contribution in [0.25, 0.3) is 0 Å². The van der Waals surface area contributed by atoms with Gasteiger partial charge in [-0.3, -0.25) is 25.0 Å². The zero-order valence-corrected chi connectivity index (χ0v) is 9.48. The molecule has 1 aromatic rings. The van der Waals surface area contributed by atoms with Crippen LogP contribution in [-0.2, 0) is 4.79 Å². The van der Waals surface area contributed by atoms with E-state index in [0.717, 1.165) is 13.0 Å². The standard InChI is InChI=1S/C7H6N2O5.C2H4O2/c1-4-2-3-5(10)7(9(13)14)6(4)8(11)12;1-2(3)4/h2-3,10H,1H3;1H3,(H,3,4). The molecule has 0 heterocycles. The molecule has 0 aliphatic rings. The first-order valence-electron chi connectivity index (χ1n) is 4.49. The lowest BCUT2D eigenvalue weighted by Crippen LogP contribution is -1.98. The van der Waals surface area contributed by atoms with E-state index in [1.807, 2.05) is 0 Å². The van der Waals surface area contributed by atoms with E-state index in [1.165, 1.54) is 13.0 Å². The number of phenols is 1. The van der Waals surface area contributed by atoms with E-state index in [2.05, 4.69) is 0 Å². The van der Waals surface area contributed by atoms with E-state index in [4.69, 9.17) is 15.0 Å². The van der Waals surface area contributed by atoms with Crippen LogP contribution in [0.2, 0.25) is 0 Å². The second-order valence-electron chi connectivity index (χ2n) is 3.13. The summed E-state index contributed by atoms with van der Waals surface area (Å²) in [5.74, 6) is -1.53. The van der Waals surface area contributed by atoms with Crippen molar-refractivity contribution in [3.8, 4) is 5.75 Å². The number of carboxylic acid groups (broad SMARTS) is 1. The number of phenolic OH excluding ortho intramolecular Hbond substituents is 1. The Morgan fingerprint density at radius 1 is 1.17 bits per heavy atom. The fourth-order valence-electron chi connectivity index (χ4n) is 1.08. The van der Waals surface area contributed by atoms with E-state index in [9.17, 15) is 20.2 Å². The molecule has 0 aliphatic heterocycles. The summed E-state index contributed by atoms with van der Waals surface area (Å²) in [4.78, 5) is 28.1. The average Bonchev–Trinajstić information content (AvgIpc) is 2.19. The summed E-state index contributed by atoms with van der Waals surface area (Å²) in [5.41, 5.74) is -1.40. The van der Waals surface area contributed by atoms with Crippen LogP contribution < -0.4 is 0 Å². The number of benzene rings is 1. The van der Waals surface area contributed by atoms with Crippen molar-refractivity contribution in [2.75, 3.05) is 0 Å². The zero-order chi connectivity index (χ0) is 14.5. The van der Waals surface area contributed by atoms with Gasteiger partial charge in [0.25, 0.3) is 5.97 Å². The first-order chi connectivity index (χ1) is 8.18. The van der Waals surface area contributed by atoms with Gasteiger partial charge in [0.15, 0.2) is 0 Å². The average molecular weight is 258 g/mol. The van der Waals surface area contributed by atoms with Gasteiger partial charge in [0.1, 0.15) is 0 Å². The highest BCUT2D eigenvalue weighted by molar-refractivity contribution is 5.64. The third-order valence-corrected chi connectivity index (χ3v) is 1.70. The zero-order valence-electron chi connectivity index (χ0n) is 9.48. The molecule has 0 radical (unpaired) electrons. The van der Waals surface area contributed by atoms with Crippen LogP contribution in [0.3, 0.4) is 0 Å². The Hall–Kier alpha value is -2.71. The minimum Gasteiger partial charge on any atom is -0.502 e. The fourth-order valence-corrected chi connectivity index (χ4v) is 1.08. The molecular weight excluding hydrogens is 248 g/mol. The predicted octanol–water partition coefficient (Wildman–Crippen LogP) is 1.61. The number of carboxylic acids is 1. The van der Waals surface area contributed by atoms with Gasteiger partial charge < -0.3 is 10.2 Å². The van der Waals surface area contributed by atoms with Crippen LogP contribution in [-0.4, -0.2) is 26.0 Å². The molecular formula is C9H10N2O7. The Morgan fingerprint density at radius 3 is 1.83 bits per heavy atom. The van der Waals surface area contributed by atoms with Gasteiger partial charge in [-0.1, -0.05) is 0 Å². The van der Waals surface area contributed by atoms with Crippen molar-refractivity contribution >= 4 is 17.3 Å². The second kappa shape index (κ2) is 6.13. The van der Waals surface area contributed by atoms with Crippen molar-refractivity contribution < 1.29 is 24.9 Å². The quantitative estimate of drug-likeness (QED) is 0.605. The molecule has 0 aromatic heterocycles. The molecule has 0 aliphatic carbocycles. The highest BCUT2D eigenvalue weighted by atomic mass is 16.6. The number of nitro groups is 2. The maximum atomic E-state index is 10.5. The highest BCUT2D eigenvalue weighted by Gasteiger charge is 2.30. The van der Waals surface area contributed by atoms with Crippen LogP contribution in [0.1, 0.15) is 12.5 Å². The molecule has 18 heavy (non-hydrogen) atoms. The number of nitro benzene ring substituents is 2. The Bertz CT molecular complexity index is 455. The Balaban J connectivity index is 0.000000631. The summed E-state index contributed by atoms with van der Waals surface area (Å²) in [6, 6.07) is 2.31. The maximum Gasteiger partial charge on any atom is 0.387 e. The lowest BCUT2D eigenvalue weighted by atomic mass is 10.1. The number of aromatic hydroxyl groups is 1. The van der Waals surface area contributed by atoms with E-state index in [1.54, 1.807) is 0 Å². The molecule has 0 atom stereocenters. The summed E-state index contributed by atoms with van der Waals surface area (Å²) in [6.07, 6.45) is 0. The van der Waals surface area contributed by atoms with Gasteiger partial charge in [-0.15, -0.1) is 0 Å². The van der Waals surface area contributed by atoms with Gasteiger partial charge in [0.05, 0.1) is 9.85 Å². The van der Waals surface area contributed by atoms with Gasteiger partial charge in [-0.2, -0.15) is 0 Å². The number of carbonyl (C=O) groups is 1. The summed E-state index contributed by atoms with van der Waals surface area (Å²) < 4.78 is 0. The topological polar surface area (TPSA) is 144 Å². The number of rotatable bonds is 2. The number of aryl methyl sites for hydroxylation is 1. The van der Waals surface area contributed by atoms with Crippen LogP contribution in [0, 0.1) is 27.2 Å². The predicted molar refractivity (Wildman–Crippen MR) is 59.5 cm³/mol. The molecule has 98 valence electrons. The third kappa shape index (κ3) is 4.04. The van der Waals surface area contributed by atoms with Crippen molar-refractivity contribution in [1.82, 2.24) is 0 Å². The van der Waals surface area contributed by atoms with Crippen LogP contribution in [0.4, 0.5) is 11.4 Å².